The smallest absolute Gasteiger partial charge is 0.190 e. The molecule has 104 valence electrons. The Morgan fingerprint density at radius 1 is 1.25 bits per heavy atom. The molecule has 1 aromatic carbocycles. The Hall–Kier alpha value is -2.63. The number of anilines is 2. The van der Waals surface area contributed by atoms with E-state index in [2.05, 4.69) is 34.2 Å². The minimum absolute atomic E-state index is 0.0565. The Kier molecular flexibility index (Phi) is 4.14. The molecule has 20 heavy (non-hydrogen) atoms. The van der Waals surface area contributed by atoms with Crippen LogP contribution in [0.1, 0.15) is 18.2 Å². The number of aryl methyl sites for hydroxylation is 1. The van der Waals surface area contributed by atoms with Gasteiger partial charge in [0, 0.05) is 12.7 Å². The fourth-order valence-corrected chi connectivity index (χ4v) is 1.77. The molecule has 0 atom stereocenters. The summed E-state index contributed by atoms with van der Waals surface area (Å²) in [7, 11) is 1.91. The highest BCUT2D eigenvalue weighted by Gasteiger charge is 2.07. The summed E-state index contributed by atoms with van der Waals surface area (Å²) in [5, 5.41) is 11.5. The van der Waals surface area contributed by atoms with E-state index >= 15 is 0 Å². The van der Waals surface area contributed by atoms with Crippen molar-refractivity contribution in [1.82, 2.24) is 9.97 Å². The zero-order valence-corrected chi connectivity index (χ0v) is 11.5. The summed E-state index contributed by atoms with van der Waals surface area (Å²) in [5.41, 5.74) is 8.10. The number of benzene rings is 1. The molecule has 0 aliphatic carbocycles. The standard InChI is InChI=1S/C14H17N5O/c1-3-10-4-6-11(7-5-10)19(2)13-9-16-12(8-17-13)14(15)18-20/h4-9,20H,3H2,1-2H3,(H2,15,18). The van der Waals surface area contributed by atoms with Gasteiger partial charge in [-0.15, -0.1) is 0 Å². The summed E-state index contributed by atoms with van der Waals surface area (Å²) in [6.07, 6.45) is 4.07. The lowest BCUT2D eigenvalue weighted by molar-refractivity contribution is 0.318. The SMILES string of the molecule is CCc1ccc(N(C)c2cnc(C(N)=NO)cn2)cc1. The molecule has 0 saturated carbocycles. The number of nitrogens with zero attached hydrogens (tertiary/aromatic N) is 4. The lowest BCUT2D eigenvalue weighted by Crippen LogP contribution is -2.17. The van der Waals surface area contributed by atoms with Crippen LogP contribution >= 0.6 is 0 Å². The van der Waals surface area contributed by atoms with E-state index in [1.807, 2.05) is 24.1 Å². The quantitative estimate of drug-likeness (QED) is 0.384. The maximum atomic E-state index is 8.58. The van der Waals surface area contributed by atoms with Gasteiger partial charge in [0.1, 0.15) is 5.69 Å². The predicted molar refractivity (Wildman–Crippen MR) is 78.4 cm³/mol. The Balaban J connectivity index is 2.21. The van der Waals surface area contributed by atoms with Crippen molar-refractivity contribution in [2.45, 2.75) is 13.3 Å². The van der Waals surface area contributed by atoms with E-state index in [9.17, 15) is 0 Å². The zero-order chi connectivity index (χ0) is 14.5. The van der Waals surface area contributed by atoms with Gasteiger partial charge in [0.25, 0.3) is 0 Å². The zero-order valence-electron chi connectivity index (χ0n) is 11.5. The summed E-state index contributed by atoms with van der Waals surface area (Å²) in [5.74, 6) is 0.628. The number of oxime groups is 1. The monoisotopic (exact) mass is 271 g/mol. The molecule has 0 aliphatic rings. The number of amidine groups is 1. The molecular formula is C14H17N5O. The Bertz CT molecular complexity index is 592. The number of nitrogens with two attached hydrogens (primary N) is 1. The average Bonchev–Trinajstić information content (AvgIpc) is 2.53. The fourth-order valence-electron chi connectivity index (χ4n) is 1.77. The molecule has 2 aromatic rings. The van der Waals surface area contributed by atoms with Gasteiger partial charge in [-0.05, 0) is 24.1 Å². The second-order valence-corrected chi connectivity index (χ2v) is 4.32. The average molecular weight is 271 g/mol. The van der Waals surface area contributed by atoms with Gasteiger partial charge in [-0.25, -0.2) is 9.97 Å². The van der Waals surface area contributed by atoms with Crippen LogP contribution in [-0.2, 0) is 6.42 Å². The lowest BCUT2D eigenvalue weighted by Gasteiger charge is -2.18. The first kappa shape index (κ1) is 13.8. The van der Waals surface area contributed by atoms with Crippen LogP contribution in [0.5, 0.6) is 0 Å². The number of hydrogen-bond donors (Lipinski definition) is 2. The normalized spacial score (nSPS) is 11.4. The molecule has 0 aliphatic heterocycles. The number of aromatic nitrogens is 2. The van der Waals surface area contributed by atoms with Crippen LogP contribution in [-0.4, -0.2) is 28.1 Å². The van der Waals surface area contributed by atoms with Crippen LogP contribution in [0.25, 0.3) is 0 Å². The second-order valence-electron chi connectivity index (χ2n) is 4.32. The number of hydrogen-bond acceptors (Lipinski definition) is 5. The minimum atomic E-state index is -0.0565. The van der Waals surface area contributed by atoms with E-state index in [0.717, 1.165) is 12.1 Å². The van der Waals surface area contributed by atoms with Crippen molar-refractivity contribution in [3.05, 3.63) is 47.9 Å². The molecule has 0 saturated heterocycles. The van der Waals surface area contributed by atoms with Crippen LogP contribution in [0.15, 0.2) is 41.8 Å². The van der Waals surface area contributed by atoms with Crippen molar-refractivity contribution in [2.75, 3.05) is 11.9 Å². The first-order valence-electron chi connectivity index (χ1n) is 6.28. The molecule has 0 fully saturated rings. The maximum absolute atomic E-state index is 8.58. The van der Waals surface area contributed by atoms with E-state index in [1.54, 1.807) is 6.20 Å². The minimum Gasteiger partial charge on any atom is -0.409 e. The van der Waals surface area contributed by atoms with Crippen LogP contribution < -0.4 is 10.6 Å². The molecule has 0 unspecified atom stereocenters. The van der Waals surface area contributed by atoms with Gasteiger partial charge in [-0.1, -0.05) is 24.2 Å². The van der Waals surface area contributed by atoms with Gasteiger partial charge in [-0.3, -0.25) is 0 Å². The highest BCUT2D eigenvalue weighted by Crippen LogP contribution is 2.21. The fraction of sp³-hybridized carbons (Fsp3) is 0.214. The van der Waals surface area contributed by atoms with Gasteiger partial charge >= 0.3 is 0 Å². The van der Waals surface area contributed by atoms with Crippen molar-refractivity contribution in [3.8, 4) is 0 Å². The Labute approximate surface area is 117 Å². The Morgan fingerprint density at radius 3 is 2.45 bits per heavy atom. The van der Waals surface area contributed by atoms with Gasteiger partial charge < -0.3 is 15.8 Å². The van der Waals surface area contributed by atoms with Crippen molar-refractivity contribution in [2.24, 2.45) is 10.9 Å². The summed E-state index contributed by atoms with van der Waals surface area (Å²) in [6.45, 7) is 2.12. The molecule has 3 N–H and O–H groups in total. The summed E-state index contributed by atoms with van der Waals surface area (Å²) in [6, 6.07) is 8.25. The van der Waals surface area contributed by atoms with E-state index in [-0.39, 0.29) is 5.84 Å². The van der Waals surface area contributed by atoms with Crippen molar-refractivity contribution in [1.29, 1.82) is 0 Å². The number of rotatable bonds is 4. The topological polar surface area (TPSA) is 87.6 Å². The molecule has 1 heterocycles. The molecule has 6 nitrogen and oxygen atoms in total. The molecule has 0 bridgehead atoms. The Morgan fingerprint density at radius 2 is 1.95 bits per heavy atom. The maximum Gasteiger partial charge on any atom is 0.190 e. The molecular weight excluding hydrogens is 254 g/mol. The van der Waals surface area contributed by atoms with E-state index in [0.29, 0.717) is 11.5 Å². The summed E-state index contributed by atoms with van der Waals surface area (Å²) in [4.78, 5) is 10.3. The largest absolute Gasteiger partial charge is 0.409 e. The van der Waals surface area contributed by atoms with Crippen molar-refractivity contribution >= 4 is 17.3 Å². The lowest BCUT2D eigenvalue weighted by atomic mass is 10.1. The highest BCUT2D eigenvalue weighted by molar-refractivity contribution is 5.94. The third kappa shape index (κ3) is 2.85. The highest BCUT2D eigenvalue weighted by atomic mass is 16.4. The van der Waals surface area contributed by atoms with Crippen molar-refractivity contribution < 1.29 is 5.21 Å². The van der Waals surface area contributed by atoms with Gasteiger partial charge in [0.05, 0.1) is 12.4 Å². The van der Waals surface area contributed by atoms with E-state index < -0.39 is 0 Å². The van der Waals surface area contributed by atoms with Crippen molar-refractivity contribution in [3.63, 3.8) is 0 Å². The van der Waals surface area contributed by atoms with Crippen LogP contribution in [0.3, 0.4) is 0 Å². The third-order valence-electron chi connectivity index (χ3n) is 3.08. The van der Waals surface area contributed by atoms with Crippen LogP contribution in [0.4, 0.5) is 11.5 Å². The molecule has 0 amide bonds. The first-order chi connectivity index (χ1) is 9.65. The van der Waals surface area contributed by atoms with Crippen LogP contribution in [0.2, 0.25) is 0 Å². The van der Waals surface area contributed by atoms with Gasteiger partial charge in [-0.2, -0.15) is 0 Å². The molecule has 1 aromatic heterocycles. The second kappa shape index (κ2) is 6.01. The van der Waals surface area contributed by atoms with Gasteiger partial charge in [0.15, 0.2) is 11.7 Å². The first-order valence-corrected chi connectivity index (χ1v) is 6.28. The molecule has 0 spiro atoms. The molecule has 2 rings (SSSR count). The van der Waals surface area contributed by atoms with E-state index in [1.165, 1.54) is 11.8 Å². The summed E-state index contributed by atoms with van der Waals surface area (Å²) >= 11 is 0. The third-order valence-corrected chi connectivity index (χ3v) is 3.08. The van der Waals surface area contributed by atoms with E-state index in [4.69, 9.17) is 10.9 Å². The molecule has 6 heteroatoms. The summed E-state index contributed by atoms with van der Waals surface area (Å²) < 4.78 is 0. The van der Waals surface area contributed by atoms with Gasteiger partial charge in [0.2, 0.25) is 0 Å². The predicted octanol–water partition coefficient (Wildman–Crippen LogP) is 1.90. The van der Waals surface area contributed by atoms with Crippen LogP contribution in [0, 0.1) is 0 Å². The molecule has 0 radical (unpaired) electrons.